The summed E-state index contributed by atoms with van der Waals surface area (Å²) in [6.07, 6.45) is 0. The molecule has 4 nitrogen and oxygen atoms in total. The molecule has 0 atom stereocenters. The first kappa shape index (κ1) is 14.3. The summed E-state index contributed by atoms with van der Waals surface area (Å²) >= 11 is 5.98. The minimum absolute atomic E-state index is 0.0483. The van der Waals surface area contributed by atoms with E-state index >= 15 is 0 Å². The molecule has 0 aliphatic heterocycles. The molecule has 2 aromatic rings. The first-order valence-electron chi connectivity index (χ1n) is 5.90. The monoisotopic (exact) mass is 294 g/mol. The molecular weight excluding hydrogens is 283 g/mol. The van der Waals surface area contributed by atoms with Crippen molar-refractivity contribution in [2.75, 3.05) is 5.32 Å². The Labute approximate surface area is 120 Å². The molecule has 0 fully saturated rings. The fourth-order valence-electron chi connectivity index (χ4n) is 1.78. The number of aryl methyl sites for hydroxylation is 1. The molecule has 0 saturated heterocycles. The maximum Gasteiger partial charge on any atom is 0.271 e. The van der Waals surface area contributed by atoms with E-state index in [1.54, 1.807) is 6.07 Å². The molecule has 20 heavy (non-hydrogen) atoms. The summed E-state index contributed by atoms with van der Waals surface area (Å²) in [5.74, 6) is -0.322. The fraction of sp³-hybridized carbons (Fsp3) is 0.143. The Morgan fingerprint density at radius 2 is 2.05 bits per heavy atom. The van der Waals surface area contributed by atoms with Crippen molar-refractivity contribution in [1.29, 1.82) is 0 Å². The molecule has 0 aliphatic rings. The zero-order valence-corrected chi connectivity index (χ0v) is 11.4. The van der Waals surface area contributed by atoms with Gasteiger partial charge in [0.15, 0.2) is 0 Å². The molecule has 104 valence electrons. The molecule has 0 aliphatic carbocycles. The second-order valence-electron chi connectivity index (χ2n) is 4.35. The van der Waals surface area contributed by atoms with E-state index in [1.807, 2.05) is 6.92 Å². The highest BCUT2D eigenvalue weighted by Gasteiger charge is 2.10. The van der Waals surface area contributed by atoms with Gasteiger partial charge in [0.1, 0.15) is 5.82 Å². The van der Waals surface area contributed by atoms with Crippen molar-refractivity contribution in [2.45, 2.75) is 13.5 Å². The number of anilines is 1. The molecule has 2 rings (SSSR count). The number of halogens is 2. The highest BCUT2D eigenvalue weighted by Crippen LogP contribution is 2.27. The van der Waals surface area contributed by atoms with Crippen LogP contribution in [-0.4, -0.2) is 4.92 Å². The van der Waals surface area contributed by atoms with Crippen LogP contribution in [0.1, 0.15) is 11.1 Å². The molecule has 0 bridgehead atoms. The molecule has 0 aromatic heterocycles. The van der Waals surface area contributed by atoms with Crippen molar-refractivity contribution in [3.05, 3.63) is 68.5 Å². The molecule has 0 heterocycles. The van der Waals surface area contributed by atoms with E-state index in [9.17, 15) is 14.5 Å². The highest BCUT2D eigenvalue weighted by atomic mass is 35.5. The predicted octanol–water partition coefficient (Wildman–Crippen LogP) is 4.31. The van der Waals surface area contributed by atoms with E-state index in [-0.39, 0.29) is 11.5 Å². The number of nitrogens with one attached hydrogen (secondary N) is 1. The summed E-state index contributed by atoms with van der Waals surface area (Å²) < 4.78 is 13.2. The SMILES string of the molecule is Cc1ccc(F)cc1CNc1cc([N+](=O)[O-])ccc1Cl. The summed E-state index contributed by atoms with van der Waals surface area (Å²) in [6, 6.07) is 8.65. The van der Waals surface area contributed by atoms with Crippen LogP contribution in [0.2, 0.25) is 5.02 Å². The normalized spacial score (nSPS) is 10.3. The van der Waals surface area contributed by atoms with Crippen LogP contribution in [0.15, 0.2) is 36.4 Å². The van der Waals surface area contributed by atoms with Gasteiger partial charge < -0.3 is 5.32 Å². The standard InChI is InChI=1S/C14H12ClFN2O2/c1-9-2-3-11(16)6-10(9)8-17-14-7-12(18(19)20)4-5-13(14)15/h2-7,17H,8H2,1H3. The van der Waals surface area contributed by atoms with Gasteiger partial charge in [0, 0.05) is 18.7 Å². The smallest absolute Gasteiger partial charge is 0.271 e. The Bertz CT molecular complexity index is 662. The minimum Gasteiger partial charge on any atom is -0.380 e. The lowest BCUT2D eigenvalue weighted by Crippen LogP contribution is -2.03. The van der Waals surface area contributed by atoms with Gasteiger partial charge in [0.2, 0.25) is 0 Å². The van der Waals surface area contributed by atoms with Gasteiger partial charge in [-0.1, -0.05) is 17.7 Å². The lowest BCUT2D eigenvalue weighted by molar-refractivity contribution is -0.384. The summed E-state index contributed by atoms with van der Waals surface area (Å²) in [5, 5.41) is 14.1. The van der Waals surface area contributed by atoms with Gasteiger partial charge in [-0.05, 0) is 36.2 Å². The first-order chi connectivity index (χ1) is 9.47. The van der Waals surface area contributed by atoms with E-state index in [4.69, 9.17) is 11.6 Å². The van der Waals surface area contributed by atoms with Crippen molar-refractivity contribution in [3.8, 4) is 0 Å². The van der Waals surface area contributed by atoms with E-state index < -0.39 is 4.92 Å². The van der Waals surface area contributed by atoms with Gasteiger partial charge in [-0.2, -0.15) is 0 Å². The second-order valence-corrected chi connectivity index (χ2v) is 4.75. The number of rotatable bonds is 4. The van der Waals surface area contributed by atoms with Crippen LogP contribution in [0.5, 0.6) is 0 Å². The molecule has 0 unspecified atom stereocenters. The van der Waals surface area contributed by atoms with Crippen molar-refractivity contribution in [3.63, 3.8) is 0 Å². The third kappa shape index (κ3) is 3.24. The highest BCUT2D eigenvalue weighted by molar-refractivity contribution is 6.33. The van der Waals surface area contributed by atoms with Crippen LogP contribution in [0.3, 0.4) is 0 Å². The third-order valence-corrected chi connectivity index (χ3v) is 3.27. The number of nitro groups is 1. The molecular formula is C14H12ClFN2O2. The molecule has 0 amide bonds. The Morgan fingerprint density at radius 3 is 2.75 bits per heavy atom. The fourth-order valence-corrected chi connectivity index (χ4v) is 1.97. The van der Waals surface area contributed by atoms with Crippen LogP contribution in [0.4, 0.5) is 15.8 Å². The topological polar surface area (TPSA) is 55.2 Å². The van der Waals surface area contributed by atoms with Crippen molar-refractivity contribution in [2.24, 2.45) is 0 Å². The number of non-ortho nitro benzene ring substituents is 1. The second kappa shape index (κ2) is 5.88. The predicted molar refractivity (Wildman–Crippen MR) is 76.6 cm³/mol. The van der Waals surface area contributed by atoms with Crippen LogP contribution >= 0.6 is 11.6 Å². The average molecular weight is 295 g/mol. The van der Waals surface area contributed by atoms with E-state index in [0.717, 1.165) is 11.1 Å². The minimum atomic E-state index is -0.491. The van der Waals surface area contributed by atoms with Crippen LogP contribution in [-0.2, 0) is 6.54 Å². The third-order valence-electron chi connectivity index (χ3n) is 2.94. The summed E-state index contributed by atoms with van der Waals surface area (Å²) in [6.45, 7) is 2.20. The number of hydrogen-bond acceptors (Lipinski definition) is 3. The average Bonchev–Trinajstić information content (AvgIpc) is 2.41. The Kier molecular flexibility index (Phi) is 4.20. The molecule has 0 saturated carbocycles. The largest absolute Gasteiger partial charge is 0.380 e. The van der Waals surface area contributed by atoms with E-state index in [1.165, 1.54) is 30.3 Å². The summed E-state index contributed by atoms with van der Waals surface area (Å²) in [7, 11) is 0. The van der Waals surface area contributed by atoms with E-state index in [0.29, 0.717) is 17.3 Å². The maximum atomic E-state index is 13.2. The van der Waals surface area contributed by atoms with Gasteiger partial charge in [0.25, 0.3) is 5.69 Å². The lowest BCUT2D eigenvalue weighted by Gasteiger charge is -2.10. The Morgan fingerprint density at radius 1 is 1.30 bits per heavy atom. The number of benzene rings is 2. The van der Waals surface area contributed by atoms with Crippen molar-refractivity contribution >= 4 is 23.0 Å². The zero-order valence-electron chi connectivity index (χ0n) is 10.7. The molecule has 2 aromatic carbocycles. The number of nitrogens with zero attached hydrogens (tertiary/aromatic N) is 1. The van der Waals surface area contributed by atoms with Gasteiger partial charge >= 0.3 is 0 Å². The summed E-state index contributed by atoms with van der Waals surface area (Å²) in [4.78, 5) is 10.2. The molecule has 6 heteroatoms. The zero-order chi connectivity index (χ0) is 14.7. The lowest BCUT2D eigenvalue weighted by atomic mass is 10.1. The van der Waals surface area contributed by atoms with Gasteiger partial charge in [-0.3, -0.25) is 10.1 Å². The number of nitro benzene ring substituents is 1. The molecule has 1 N–H and O–H groups in total. The van der Waals surface area contributed by atoms with Crippen molar-refractivity contribution < 1.29 is 9.31 Å². The van der Waals surface area contributed by atoms with Crippen LogP contribution in [0.25, 0.3) is 0 Å². The van der Waals surface area contributed by atoms with Crippen molar-refractivity contribution in [1.82, 2.24) is 0 Å². The molecule has 0 spiro atoms. The Balaban J connectivity index is 2.20. The molecule has 0 radical (unpaired) electrons. The van der Waals surface area contributed by atoms with Gasteiger partial charge in [0.05, 0.1) is 15.6 Å². The van der Waals surface area contributed by atoms with Crippen LogP contribution in [0, 0.1) is 22.9 Å². The number of hydrogen-bond donors (Lipinski definition) is 1. The summed E-state index contributed by atoms with van der Waals surface area (Å²) in [5.41, 5.74) is 2.10. The van der Waals surface area contributed by atoms with Gasteiger partial charge in [-0.15, -0.1) is 0 Å². The van der Waals surface area contributed by atoms with Crippen LogP contribution < -0.4 is 5.32 Å². The van der Waals surface area contributed by atoms with E-state index in [2.05, 4.69) is 5.32 Å². The van der Waals surface area contributed by atoms with Gasteiger partial charge in [-0.25, -0.2) is 4.39 Å². The maximum absolute atomic E-state index is 13.2. The quantitative estimate of drug-likeness (QED) is 0.675. The Hall–Kier alpha value is -2.14. The first-order valence-corrected chi connectivity index (χ1v) is 6.28.